The lowest BCUT2D eigenvalue weighted by Crippen LogP contribution is -2.41. The van der Waals surface area contributed by atoms with Crippen LogP contribution in [0.1, 0.15) is 12.0 Å². The lowest BCUT2D eigenvalue weighted by Gasteiger charge is -2.22. The number of amides is 1. The van der Waals surface area contributed by atoms with E-state index in [1.165, 1.54) is 6.33 Å². The van der Waals surface area contributed by atoms with E-state index in [2.05, 4.69) is 15.4 Å². The summed E-state index contributed by atoms with van der Waals surface area (Å²) in [6.07, 6.45) is 3.69. The van der Waals surface area contributed by atoms with Gasteiger partial charge in [-0.2, -0.15) is 5.10 Å². The van der Waals surface area contributed by atoms with E-state index in [-0.39, 0.29) is 30.0 Å². The molecular formula is C16H21N5O3S. The van der Waals surface area contributed by atoms with Gasteiger partial charge in [0.05, 0.1) is 23.7 Å². The molecule has 134 valence electrons. The molecule has 1 aliphatic heterocycles. The van der Waals surface area contributed by atoms with Crippen LogP contribution in [0.15, 0.2) is 36.9 Å². The topological polar surface area (TPSA) is 97.2 Å². The number of nitrogens with one attached hydrogen (secondary N) is 1. The summed E-state index contributed by atoms with van der Waals surface area (Å²) in [7, 11) is -1.15. The third-order valence-electron chi connectivity index (χ3n) is 4.33. The Hall–Kier alpha value is -2.26. The fraction of sp³-hybridized carbons (Fsp3) is 0.438. The van der Waals surface area contributed by atoms with E-state index in [4.69, 9.17) is 0 Å². The lowest BCUT2D eigenvalue weighted by atomic mass is 10.2. The maximum Gasteiger partial charge on any atom is 0.234 e. The van der Waals surface area contributed by atoms with Gasteiger partial charge < -0.3 is 5.32 Å². The summed E-state index contributed by atoms with van der Waals surface area (Å²) in [5, 5.41) is 6.92. The van der Waals surface area contributed by atoms with Crippen molar-refractivity contribution in [3.05, 3.63) is 42.5 Å². The Balaban J connectivity index is 1.47. The van der Waals surface area contributed by atoms with Gasteiger partial charge in [0.1, 0.15) is 12.7 Å². The summed E-state index contributed by atoms with van der Waals surface area (Å²) in [6, 6.07) is 7.59. The zero-order valence-electron chi connectivity index (χ0n) is 14.0. The van der Waals surface area contributed by atoms with E-state index in [9.17, 15) is 13.2 Å². The monoisotopic (exact) mass is 363 g/mol. The molecule has 0 bridgehead atoms. The second-order valence-corrected chi connectivity index (χ2v) is 8.48. The average molecular weight is 363 g/mol. The molecule has 1 amide bonds. The Labute approximate surface area is 146 Å². The maximum absolute atomic E-state index is 12.1. The molecule has 0 radical (unpaired) electrons. The predicted molar refractivity (Wildman–Crippen MR) is 92.9 cm³/mol. The molecule has 1 aromatic heterocycles. The largest absolute Gasteiger partial charge is 0.351 e. The highest BCUT2D eigenvalue weighted by atomic mass is 32.2. The number of sulfone groups is 1. The fourth-order valence-corrected chi connectivity index (χ4v) is 4.65. The molecule has 1 saturated heterocycles. The van der Waals surface area contributed by atoms with Crippen LogP contribution in [0.25, 0.3) is 5.69 Å². The van der Waals surface area contributed by atoms with Gasteiger partial charge in [0.2, 0.25) is 5.91 Å². The van der Waals surface area contributed by atoms with Gasteiger partial charge in [0.25, 0.3) is 0 Å². The molecule has 25 heavy (non-hydrogen) atoms. The number of benzene rings is 1. The van der Waals surface area contributed by atoms with E-state index >= 15 is 0 Å². The minimum absolute atomic E-state index is 0.0716. The lowest BCUT2D eigenvalue weighted by molar-refractivity contribution is -0.122. The molecule has 0 aliphatic carbocycles. The summed E-state index contributed by atoms with van der Waals surface area (Å²) in [5.74, 6) is 0.231. The Kier molecular flexibility index (Phi) is 5.14. The molecule has 0 unspecified atom stereocenters. The number of hydrogen-bond donors (Lipinski definition) is 1. The number of nitrogens with zero attached hydrogens (tertiary/aromatic N) is 4. The summed E-state index contributed by atoms with van der Waals surface area (Å²) in [6.45, 7) is 0.616. The molecule has 1 N–H and O–H groups in total. The van der Waals surface area contributed by atoms with Crippen molar-refractivity contribution in [2.75, 3.05) is 25.1 Å². The van der Waals surface area contributed by atoms with Gasteiger partial charge in [-0.1, -0.05) is 12.1 Å². The van der Waals surface area contributed by atoms with Crippen molar-refractivity contribution in [2.24, 2.45) is 0 Å². The first kappa shape index (κ1) is 17.6. The second kappa shape index (κ2) is 7.32. The first-order chi connectivity index (χ1) is 11.9. The molecule has 9 heteroatoms. The van der Waals surface area contributed by atoms with Crippen LogP contribution in [-0.4, -0.2) is 65.1 Å². The minimum atomic E-state index is -2.94. The normalized spacial score (nSPS) is 19.2. The van der Waals surface area contributed by atoms with Crippen molar-refractivity contribution < 1.29 is 13.2 Å². The molecule has 8 nitrogen and oxygen atoms in total. The van der Waals surface area contributed by atoms with Crippen molar-refractivity contribution in [3.63, 3.8) is 0 Å². The van der Waals surface area contributed by atoms with E-state index in [1.54, 1.807) is 18.1 Å². The van der Waals surface area contributed by atoms with E-state index in [1.807, 2.05) is 29.2 Å². The van der Waals surface area contributed by atoms with Gasteiger partial charge in [0.15, 0.2) is 9.84 Å². The molecule has 1 atom stereocenters. The molecule has 1 aromatic carbocycles. The number of carbonyl (C=O) groups is 1. The van der Waals surface area contributed by atoms with Gasteiger partial charge in [-0.3, -0.25) is 9.69 Å². The van der Waals surface area contributed by atoms with Crippen LogP contribution in [0.3, 0.4) is 0 Å². The van der Waals surface area contributed by atoms with Gasteiger partial charge in [-0.05, 0) is 31.2 Å². The molecule has 2 aromatic rings. The fourth-order valence-electron chi connectivity index (χ4n) is 2.84. The maximum atomic E-state index is 12.1. The highest BCUT2D eigenvalue weighted by Gasteiger charge is 2.31. The zero-order chi connectivity index (χ0) is 17.9. The van der Waals surface area contributed by atoms with Gasteiger partial charge >= 0.3 is 0 Å². The third kappa shape index (κ3) is 4.64. The number of hydrogen-bond acceptors (Lipinski definition) is 6. The standard InChI is InChI=1S/C16H21N5O3S/c1-20(15-6-7-25(23,24)10-15)9-16(22)18-8-13-2-4-14(5-3-13)21-12-17-11-19-21/h2-5,11-12,15H,6-10H2,1H3,(H,18,22)/t15-/m0/s1. The summed E-state index contributed by atoms with van der Waals surface area (Å²) >= 11 is 0. The Morgan fingerprint density at radius 2 is 2.12 bits per heavy atom. The van der Waals surface area contributed by atoms with Crippen LogP contribution in [0.2, 0.25) is 0 Å². The Bertz CT molecular complexity index is 818. The first-order valence-corrected chi connectivity index (χ1v) is 9.86. The summed E-state index contributed by atoms with van der Waals surface area (Å²) in [4.78, 5) is 17.8. The Morgan fingerprint density at radius 3 is 2.72 bits per heavy atom. The van der Waals surface area contributed by atoms with E-state index in [0.717, 1.165) is 11.3 Å². The van der Waals surface area contributed by atoms with Crippen molar-refractivity contribution in [1.29, 1.82) is 0 Å². The molecule has 1 aliphatic rings. The van der Waals surface area contributed by atoms with Gasteiger partial charge in [-0.15, -0.1) is 0 Å². The predicted octanol–water partition coefficient (Wildman–Crippen LogP) is 0.00240. The first-order valence-electron chi connectivity index (χ1n) is 8.04. The van der Waals surface area contributed by atoms with Crippen molar-refractivity contribution in [3.8, 4) is 5.69 Å². The molecular weight excluding hydrogens is 342 g/mol. The zero-order valence-corrected chi connectivity index (χ0v) is 14.8. The molecule has 3 rings (SSSR count). The van der Waals surface area contributed by atoms with Crippen LogP contribution in [0.5, 0.6) is 0 Å². The quantitative estimate of drug-likeness (QED) is 0.776. The van der Waals surface area contributed by atoms with Crippen LogP contribution >= 0.6 is 0 Å². The SMILES string of the molecule is CN(CC(=O)NCc1ccc(-n2cncn2)cc1)[C@H]1CCS(=O)(=O)C1. The van der Waals surface area contributed by atoms with Gasteiger partial charge in [-0.25, -0.2) is 18.1 Å². The molecule has 1 fully saturated rings. The van der Waals surface area contributed by atoms with E-state index < -0.39 is 9.84 Å². The highest BCUT2D eigenvalue weighted by molar-refractivity contribution is 7.91. The number of carbonyl (C=O) groups excluding carboxylic acids is 1. The highest BCUT2D eigenvalue weighted by Crippen LogP contribution is 2.16. The van der Waals surface area contributed by atoms with Crippen LogP contribution in [-0.2, 0) is 21.2 Å². The van der Waals surface area contributed by atoms with Crippen molar-refractivity contribution in [1.82, 2.24) is 25.0 Å². The summed E-state index contributed by atoms with van der Waals surface area (Å²) in [5.41, 5.74) is 1.87. The number of aromatic nitrogens is 3. The van der Waals surface area contributed by atoms with Crippen LogP contribution < -0.4 is 5.32 Å². The van der Waals surface area contributed by atoms with Crippen molar-refractivity contribution >= 4 is 15.7 Å². The molecule has 0 spiro atoms. The van der Waals surface area contributed by atoms with Crippen molar-refractivity contribution in [2.45, 2.75) is 19.0 Å². The Morgan fingerprint density at radius 1 is 1.36 bits per heavy atom. The number of rotatable bonds is 6. The molecule has 0 saturated carbocycles. The number of likely N-dealkylation sites (N-methyl/N-ethyl adjacent to an activating group) is 1. The smallest absolute Gasteiger partial charge is 0.234 e. The summed E-state index contributed by atoms with van der Waals surface area (Å²) < 4.78 is 24.7. The van der Waals surface area contributed by atoms with E-state index in [0.29, 0.717) is 13.0 Å². The molecule has 2 heterocycles. The van der Waals surface area contributed by atoms with Crippen LogP contribution in [0.4, 0.5) is 0 Å². The second-order valence-electron chi connectivity index (χ2n) is 6.26. The van der Waals surface area contributed by atoms with Crippen LogP contribution in [0, 0.1) is 0 Å². The minimum Gasteiger partial charge on any atom is -0.351 e. The third-order valence-corrected chi connectivity index (χ3v) is 6.08. The van der Waals surface area contributed by atoms with Gasteiger partial charge in [0, 0.05) is 12.6 Å². The average Bonchev–Trinajstić information content (AvgIpc) is 3.23.